The summed E-state index contributed by atoms with van der Waals surface area (Å²) in [6.45, 7) is 0. The predicted molar refractivity (Wildman–Crippen MR) is 166 cm³/mol. The van der Waals surface area contributed by atoms with Crippen LogP contribution in [-0.2, 0) is 0 Å². The summed E-state index contributed by atoms with van der Waals surface area (Å²) < 4.78 is 0. The number of hydrogen-bond donors (Lipinski definition) is 0. The lowest BCUT2D eigenvalue weighted by molar-refractivity contribution is 1.22. The van der Waals surface area contributed by atoms with Crippen LogP contribution in [0.3, 0.4) is 0 Å². The van der Waals surface area contributed by atoms with Crippen LogP contribution in [0.15, 0.2) is 146 Å². The van der Waals surface area contributed by atoms with Gasteiger partial charge in [-0.15, -0.1) is 0 Å². The van der Waals surface area contributed by atoms with E-state index >= 15 is 0 Å². The summed E-state index contributed by atoms with van der Waals surface area (Å²) in [4.78, 5) is 27.6. The Bertz CT molecular complexity index is 1940. The molecule has 198 valence electrons. The SMILES string of the molecule is c1ccc(-c2ccc(-c3cc(-c4cccnc4)cc(-c4ccc(-c5cccc(-c6ccccn6)n5)nc4)c3)nc2)nc1. The molecule has 0 aliphatic heterocycles. The van der Waals surface area contributed by atoms with Gasteiger partial charge in [-0.25, -0.2) is 4.98 Å². The molecule has 0 spiro atoms. The van der Waals surface area contributed by atoms with Gasteiger partial charge in [0.05, 0.1) is 34.2 Å². The second-order valence-electron chi connectivity index (χ2n) is 9.74. The smallest absolute Gasteiger partial charge is 0.0894 e. The normalized spacial score (nSPS) is 10.9. The Morgan fingerprint density at radius 1 is 0.310 bits per heavy atom. The van der Waals surface area contributed by atoms with Gasteiger partial charge in [0.15, 0.2) is 0 Å². The molecule has 0 saturated heterocycles. The standard InChI is InChI=1S/C36H24N6/c1-3-17-38-31(8-1)27-13-14-32(40-24-27)30-20-28(25-7-6-16-37-22-25)19-29(21-30)26-12-15-34(41-23-26)36-11-5-10-35(42-36)33-9-2-4-18-39-33/h1-24H. The first-order chi connectivity index (χ1) is 20.8. The van der Waals surface area contributed by atoms with E-state index in [1.165, 1.54) is 0 Å². The minimum atomic E-state index is 0.798. The van der Waals surface area contributed by atoms with Crippen LogP contribution in [0.2, 0.25) is 0 Å². The highest BCUT2D eigenvalue weighted by Crippen LogP contribution is 2.33. The summed E-state index contributed by atoms with van der Waals surface area (Å²) in [6.07, 6.45) is 11.0. The van der Waals surface area contributed by atoms with Crippen molar-refractivity contribution >= 4 is 0 Å². The number of benzene rings is 1. The van der Waals surface area contributed by atoms with Gasteiger partial charge in [-0.3, -0.25) is 24.9 Å². The van der Waals surface area contributed by atoms with Crippen molar-refractivity contribution in [1.82, 2.24) is 29.9 Å². The van der Waals surface area contributed by atoms with Crippen LogP contribution < -0.4 is 0 Å². The highest BCUT2D eigenvalue weighted by molar-refractivity contribution is 5.80. The van der Waals surface area contributed by atoms with Crippen molar-refractivity contribution in [2.75, 3.05) is 0 Å². The minimum absolute atomic E-state index is 0.798. The van der Waals surface area contributed by atoms with Crippen LogP contribution in [0.25, 0.3) is 67.5 Å². The highest BCUT2D eigenvalue weighted by Gasteiger charge is 2.11. The first-order valence-electron chi connectivity index (χ1n) is 13.6. The zero-order valence-corrected chi connectivity index (χ0v) is 22.5. The molecule has 42 heavy (non-hydrogen) atoms. The second kappa shape index (κ2) is 11.3. The Kier molecular flexibility index (Phi) is 6.76. The van der Waals surface area contributed by atoms with Crippen molar-refractivity contribution < 1.29 is 0 Å². The highest BCUT2D eigenvalue weighted by atomic mass is 14.8. The quantitative estimate of drug-likeness (QED) is 0.212. The van der Waals surface area contributed by atoms with Crippen molar-refractivity contribution in [3.8, 4) is 67.5 Å². The molecule has 0 atom stereocenters. The molecular weight excluding hydrogens is 516 g/mol. The van der Waals surface area contributed by atoms with Crippen molar-refractivity contribution in [2.24, 2.45) is 0 Å². The van der Waals surface area contributed by atoms with Crippen LogP contribution in [-0.4, -0.2) is 29.9 Å². The van der Waals surface area contributed by atoms with Crippen LogP contribution in [0.1, 0.15) is 0 Å². The number of pyridine rings is 6. The van der Waals surface area contributed by atoms with E-state index in [-0.39, 0.29) is 0 Å². The van der Waals surface area contributed by atoms with Gasteiger partial charge < -0.3 is 0 Å². The molecule has 0 unspecified atom stereocenters. The third-order valence-corrected chi connectivity index (χ3v) is 6.98. The molecular formula is C36H24N6. The Morgan fingerprint density at radius 3 is 1.50 bits per heavy atom. The molecule has 7 rings (SSSR count). The summed E-state index contributed by atoms with van der Waals surface area (Å²) >= 11 is 0. The molecule has 0 fully saturated rings. The van der Waals surface area contributed by atoms with Gasteiger partial charge in [-0.1, -0.05) is 30.3 Å². The lowest BCUT2D eigenvalue weighted by Crippen LogP contribution is -1.93. The molecule has 0 saturated carbocycles. The van der Waals surface area contributed by atoms with Gasteiger partial charge in [0.25, 0.3) is 0 Å². The third-order valence-electron chi connectivity index (χ3n) is 6.98. The lowest BCUT2D eigenvalue weighted by atomic mass is 9.96. The molecule has 0 amide bonds. The Hall–Kier alpha value is -5.88. The van der Waals surface area contributed by atoms with Gasteiger partial charge in [0.1, 0.15) is 0 Å². The third kappa shape index (κ3) is 5.29. The van der Waals surface area contributed by atoms with E-state index in [1.807, 2.05) is 91.4 Å². The van der Waals surface area contributed by atoms with E-state index in [2.05, 4.69) is 51.4 Å². The molecule has 0 radical (unpaired) electrons. The average molecular weight is 541 g/mol. The van der Waals surface area contributed by atoms with Crippen LogP contribution >= 0.6 is 0 Å². The maximum atomic E-state index is 4.81. The van der Waals surface area contributed by atoms with Gasteiger partial charge in [-0.2, -0.15) is 0 Å². The van der Waals surface area contributed by atoms with E-state index in [0.717, 1.165) is 67.5 Å². The van der Waals surface area contributed by atoms with E-state index in [4.69, 9.17) is 15.0 Å². The number of hydrogen-bond acceptors (Lipinski definition) is 6. The fourth-order valence-corrected chi connectivity index (χ4v) is 4.84. The van der Waals surface area contributed by atoms with Gasteiger partial charge in [-0.05, 0) is 90.0 Å². The Balaban J connectivity index is 1.25. The number of rotatable bonds is 6. The Labute approximate surface area is 243 Å². The summed E-state index contributed by atoms with van der Waals surface area (Å²) in [5.41, 5.74) is 11.1. The van der Waals surface area contributed by atoms with E-state index in [0.29, 0.717) is 0 Å². The molecule has 6 heterocycles. The second-order valence-corrected chi connectivity index (χ2v) is 9.74. The lowest BCUT2D eigenvalue weighted by Gasteiger charge is -2.11. The van der Waals surface area contributed by atoms with E-state index in [1.54, 1.807) is 18.6 Å². The van der Waals surface area contributed by atoms with Crippen LogP contribution in [0.4, 0.5) is 0 Å². The van der Waals surface area contributed by atoms with Crippen molar-refractivity contribution in [1.29, 1.82) is 0 Å². The summed E-state index contributed by atoms with van der Waals surface area (Å²) in [6, 6.07) is 36.3. The fourth-order valence-electron chi connectivity index (χ4n) is 4.84. The van der Waals surface area contributed by atoms with Gasteiger partial charge >= 0.3 is 0 Å². The maximum Gasteiger partial charge on any atom is 0.0894 e. The summed E-state index contributed by atoms with van der Waals surface area (Å²) in [7, 11) is 0. The first-order valence-corrected chi connectivity index (χ1v) is 13.6. The fraction of sp³-hybridized carbons (Fsp3) is 0. The average Bonchev–Trinajstić information content (AvgIpc) is 3.09. The zero-order chi connectivity index (χ0) is 28.1. The largest absolute Gasteiger partial charge is 0.264 e. The monoisotopic (exact) mass is 540 g/mol. The minimum Gasteiger partial charge on any atom is -0.264 e. The molecule has 6 nitrogen and oxygen atoms in total. The Morgan fingerprint density at radius 2 is 0.881 bits per heavy atom. The topological polar surface area (TPSA) is 77.3 Å². The maximum absolute atomic E-state index is 4.81. The van der Waals surface area contributed by atoms with Crippen molar-refractivity contribution in [3.05, 3.63) is 146 Å². The van der Waals surface area contributed by atoms with E-state index < -0.39 is 0 Å². The van der Waals surface area contributed by atoms with Crippen molar-refractivity contribution in [3.63, 3.8) is 0 Å². The molecule has 6 heteroatoms. The molecule has 0 bridgehead atoms. The van der Waals surface area contributed by atoms with Gasteiger partial charge in [0.2, 0.25) is 0 Å². The van der Waals surface area contributed by atoms with Crippen molar-refractivity contribution in [2.45, 2.75) is 0 Å². The number of nitrogens with zero attached hydrogens (tertiary/aromatic N) is 6. The van der Waals surface area contributed by atoms with Crippen LogP contribution in [0.5, 0.6) is 0 Å². The van der Waals surface area contributed by atoms with Crippen LogP contribution in [0, 0.1) is 0 Å². The molecule has 0 aliphatic carbocycles. The molecule has 7 aromatic rings. The summed E-state index contributed by atoms with van der Waals surface area (Å²) in [5.74, 6) is 0. The molecule has 0 N–H and O–H groups in total. The first kappa shape index (κ1) is 25.1. The molecule has 0 aliphatic rings. The molecule has 6 aromatic heterocycles. The summed E-state index contributed by atoms with van der Waals surface area (Å²) in [5, 5.41) is 0. The predicted octanol–water partition coefficient (Wildman–Crippen LogP) is 8.06. The van der Waals surface area contributed by atoms with Gasteiger partial charge in [0, 0.05) is 59.4 Å². The molecule has 1 aromatic carbocycles. The zero-order valence-electron chi connectivity index (χ0n) is 22.5. The number of aromatic nitrogens is 6. The van der Waals surface area contributed by atoms with E-state index in [9.17, 15) is 0 Å².